The number of hydrogen-bond donors (Lipinski definition) is 2. The molecule has 3 aromatic rings. The van der Waals surface area contributed by atoms with Gasteiger partial charge >= 0.3 is 6.29 Å². The number of hydrogen-bond acceptors (Lipinski definition) is 5. The molecule has 0 unspecified atom stereocenters. The quantitative estimate of drug-likeness (QED) is 0.632. The highest BCUT2D eigenvalue weighted by atomic mass is 19.3. The van der Waals surface area contributed by atoms with Crippen LogP contribution in [0.15, 0.2) is 54.7 Å². The number of nitrogens with one attached hydrogen (secondary N) is 2. The van der Waals surface area contributed by atoms with Gasteiger partial charge in [-0.05, 0) is 48.0 Å². The van der Waals surface area contributed by atoms with Crippen LogP contribution < -0.4 is 19.5 Å². The van der Waals surface area contributed by atoms with Crippen LogP contribution in [-0.2, 0) is 4.79 Å². The second-order valence-corrected chi connectivity index (χ2v) is 6.06. The number of halogens is 2. The number of benzene rings is 2. The van der Waals surface area contributed by atoms with Crippen LogP contribution in [0.1, 0.15) is 5.56 Å². The maximum Gasteiger partial charge on any atom is 0.586 e. The Labute approximate surface area is 163 Å². The van der Waals surface area contributed by atoms with Crippen LogP contribution in [0, 0.1) is 0 Å². The number of imidazole rings is 1. The third kappa shape index (κ3) is 4.18. The Hall–Kier alpha value is -3.88. The molecule has 4 rings (SSSR count). The first-order valence-electron chi connectivity index (χ1n) is 8.51. The Morgan fingerprint density at radius 2 is 1.93 bits per heavy atom. The molecule has 148 valence electrons. The van der Waals surface area contributed by atoms with Gasteiger partial charge in [0.1, 0.15) is 5.75 Å². The van der Waals surface area contributed by atoms with Crippen molar-refractivity contribution >= 4 is 17.9 Å². The van der Waals surface area contributed by atoms with E-state index in [0.29, 0.717) is 11.3 Å². The molecule has 0 radical (unpaired) electrons. The number of rotatable bonds is 5. The molecular weight excluding hydrogens is 384 g/mol. The predicted octanol–water partition coefficient (Wildman–Crippen LogP) is 4.06. The van der Waals surface area contributed by atoms with E-state index in [2.05, 4.69) is 24.8 Å². The smallest absolute Gasteiger partial charge is 0.497 e. The molecule has 2 heterocycles. The lowest BCUT2D eigenvalue weighted by molar-refractivity contribution is -0.286. The molecule has 1 aliphatic rings. The van der Waals surface area contributed by atoms with Crippen molar-refractivity contribution in [2.75, 3.05) is 12.4 Å². The van der Waals surface area contributed by atoms with Crippen molar-refractivity contribution in [3.8, 4) is 28.5 Å². The molecule has 2 N–H and O–H groups in total. The summed E-state index contributed by atoms with van der Waals surface area (Å²) in [6, 6.07) is 11.6. The van der Waals surface area contributed by atoms with Gasteiger partial charge in [0.05, 0.1) is 12.8 Å². The van der Waals surface area contributed by atoms with E-state index >= 15 is 0 Å². The summed E-state index contributed by atoms with van der Waals surface area (Å²) in [5, 5.41) is 2.60. The molecule has 1 amide bonds. The van der Waals surface area contributed by atoms with Crippen molar-refractivity contribution in [1.82, 2.24) is 9.97 Å². The van der Waals surface area contributed by atoms with Crippen molar-refractivity contribution in [2.24, 2.45) is 0 Å². The number of carbonyl (C=O) groups is 1. The summed E-state index contributed by atoms with van der Waals surface area (Å²) in [4.78, 5) is 19.3. The third-order valence-corrected chi connectivity index (χ3v) is 4.06. The van der Waals surface area contributed by atoms with Gasteiger partial charge in [-0.1, -0.05) is 6.07 Å². The monoisotopic (exact) mass is 399 g/mol. The number of H-pyrrole nitrogens is 1. The van der Waals surface area contributed by atoms with E-state index in [1.54, 1.807) is 13.3 Å². The first kappa shape index (κ1) is 18.5. The number of carbonyl (C=O) groups excluding carboxylic acids is 1. The van der Waals surface area contributed by atoms with Gasteiger partial charge in [-0.25, -0.2) is 4.98 Å². The van der Waals surface area contributed by atoms with Crippen LogP contribution in [0.5, 0.6) is 17.2 Å². The second kappa shape index (κ2) is 7.27. The first-order chi connectivity index (χ1) is 13.9. The molecule has 0 spiro atoms. The maximum absolute atomic E-state index is 13.0. The van der Waals surface area contributed by atoms with Crippen molar-refractivity contribution in [3.05, 3.63) is 60.3 Å². The van der Waals surface area contributed by atoms with Crippen molar-refractivity contribution in [2.45, 2.75) is 6.29 Å². The first-order valence-corrected chi connectivity index (χ1v) is 8.51. The maximum atomic E-state index is 13.0. The molecule has 0 saturated heterocycles. The normalized spacial score (nSPS) is 14.2. The van der Waals surface area contributed by atoms with Gasteiger partial charge < -0.3 is 19.2 Å². The zero-order valence-corrected chi connectivity index (χ0v) is 15.1. The van der Waals surface area contributed by atoms with Gasteiger partial charge in [0.25, 0.3) is 5.91 Å². The van der Waals surface area contributed by atoms with Gasteiger partial charge in [-0.2, -0.15) is 0 Å². The summed E-state index contributed by atoms with van der Waals surface area (Å²) >= 11 is 0. The molecular formula is C20H15F2N3O4. The number of alkyl halides is 2. The number of anilines is 1. The molecule has 1 aromatic heterocycles. The Kier molecular flexibility index (Phi) is 4.63. The number of aromatic nitrogens is 2. The zero-order chi connectivity index (χ0) is 20.4. The van der Waals surface area contributed by atoms with Crippen molar-refractivity contribution in [3.63, 3.8) is 0 Å². The number of nitrogens with zero attached hydrogens (tertiary/aromatic N) is 1. The summed E-state index contributed by atoms with van der Waals surface area (Å²) in [5.74, 6) is 0.417. The largest absolute Gasteiger partial charge is 0.586 e. The highest BCUT2D eigenvalue weighted by molar-refractivity contribution is 6.01. The highest BCUT2D eigenvalue weighted by Crippen LogP contribution is 2.41. The predicted molar refractivity (Wildman–Crippen MR) is 101 cm³/mol. The SMILES string of the molecule is COc1ccc(-c2c[nH]c(NC(=O)/C=C\c3ccc4c(c3)OC(F)(F)O4)n2)cc1. The average molecular weight is 399 g/mol. The Morgan fingerprint density at radius 1 is 1.17 bits per heavy atom. The Balaban J connectivity index is 1.40. The van der Waals surface area contributed by atoms with Crippen LogP contribution in [0.4, 0.5) is 14.7 Å². The summed E-state index contributed by atoms with van der Waals surface area (Å²) in [5.41, 5.74) is 2.01. The fourth-order valence-electron chi connectivity index (χ4n) is 2.69. The Morgan fingerprint density at radius 3 is 2.69 bits per heavy atom. The molecule has 0 atom stereocenters. The minimum Gasteiger partial charge on any atom is -0.497 e. The Bertz CT molecular complexity index is 1080. The van der Waals surface area contributed by atoms with Crippen LogP contribution in [0.3, 0.4) is 0 Å². The van der Waals surface area contributed by atoms with Gasteiger partial charge in [0.2, 0.25) is 5.95 Å². The molecule has 0 bridgehead atoms. The molecule has 1 aliphatic heterocycles. The number of fused-ring (bicyclic) bond motifs is 1. The average Bonchev–Trinajstić information content (AvgIpc) is 3.28. The van der Waals surface area contributed by atoms with Gasteiger partial charge in [0, 0.05) is 17.8 Å². The van der Waals surface area contributed by atoms with E-state index in [0.717, 1.165) is 11.3 Å². The van der Waals surface area contributed by atoms with Gasteiger partial charge in [0.15, 0.2) is 11.5 Å². The topological polar surface area (TPSA) is 85.5 Å². The minimum atomic E-state index is -3.68. The summed E-state index contributed by atoms with van der Waals surface area (Å²) in [6.07, 6.45) is 0.704. The lowest BCUT2D eigenvalue weighted by Crippen LogP contribution is -2.25. The highest BCUT2D eigenvalue weighted by Gasteiger charge is 2.43. The molecule has 0 fully saturated rings. The van der Waals surface area contributed by atoms with Gasteiger partial charge in [-0.3, -0.25) is 10.1 Å². The number of aromatic amines is 1. The molecule has 2 aromatic carbocycles. The van der Waals surface area contributed by atoms with Crippen LogP contribution in [-0.4, -0.2) is 29.3 Å². The number of amides is 1. The van der Waals surface area contributed by atoms with E-state index in [-0.39, 0.29) is 17.4 Å². The van der Waals surface area contributed by atoms with Crippen molar-refractivity contribution < 1.29 is 27.8 Å². The van der Waals surface area contributed by atoms with Crippen LogP contribution >= 0.6 is 0 Å². The lowest BCUT2D eigenvalue weighted by atomic mass is 10.2. The lowest BCUT2D eigenvalue weighted by Gasteiger charge is -2.04. The summed E-state index contributed by atoms with van der Waals surface area (Å²) in [6.45, 7) is 0. The number of methoxy groups -OCH3 is 1. The summed E-state index contributed by atoms with van der Waals surface area (Å²) in [7, 11) is 1.59. The summed E-state index contributed by atoms with van der Waals surface area (Å²) < 4.78 is 39.9. The van der Waals surface area contributed by atoms with Crippen LogP contribution in [0.25, 0.3) is 17.3 Å². The molecule has 29 heavy (non-hydrogen) atoms. The molecule has 9 heteroatoms. The fraction of sp³-hybridized carbons (Fsp3) is 0.100. The molecule has 0 aliphatic carbocycles. The standard InChI is InChI=1S/C20H15F2N3O4/c1-27-14-6-4-13(5-7-14)15-11-23-19(24-15)25-18(26)9-3-12-2-8-16-17(10-12)29-20(21,22)28-16/h2-11H,1H3,(H2,23,24,25,26)/b9-3-. The van der Waals surface area contributed by atoms with E-state index < -0.39 is 12.2 Å². The van der Waals surface area contributed by atoms with E-state index in [1.807, 2.05) is 24.3 Å². The molecule has 0 saturated carbocycles. The third-order valence-electron chi connectivity index (χ3n) is 4.06. The van der Waals surface area contributed by atoms with Crippen LogP contribution in [0.2, 0.25) is 0 Å². The van der Waals surface area contributed by atoms with Gasteiger partial charge in [-0.15, -0.1) is 8.78 Å². The van der Waals surface area contributed by atoms with E-state index in [1.165, 1.54) is 30.4 Å². The van der Waals surface area contributed by atoms with Crippen molar-refractivity contribution in [1.29, 1.82) is 0 Å². The second-order valence-electron chi connectivity index (χ2n) is 6.06. The van der Waals surface area contributed by atoms with E-state index in [9.17, 15) is 13.6 Å². The van der Waals surface area contributed by atoms with E-state index in [4.69, 9.17) is 4.74 Å². The fourth-order valence-corrected chi connectivity index (χ4v) is 2.69. The molecule has 7 nitrogen and oxygen atoms in total. The zero-order valence-electron chi connectivity index (χ0n) is 15.1. The minimum absolute atomic E-state index is 0.0572. The number of ether oxygens (including phenoxy) is 3.